The Morgan fingerprint density at radius 1 is 0.839 bits per heavy atom. The largest absolute Gasteiger partial charge is 0.494 e. The van der Waals surface area contributed by atoms with Crippen LogP contribution >= 0.6 is 0 Å². The SMILES string of the molecule is C=CCCCCCCCCOc1ccc(C2OCC(c3ccc(CC)cc3)CO2)cc1. The molecule has 0 saturated carbocycles. The highest BCUT2D eigenvalue weighted by atomic mass is 16.7. The maximum Gasteiger partial charge on any atom is 0.183 e. The van der Waals surface area contributed by atoms with Crippen LogP contribution in [0.2, 0.25) is 0 Å². The van der Waals surface area contributed by atoms with Gasteiger partial charge in [0, 0.05) is 11.5 Å². The highest BCUT2D eigenvalue weighted by molar-refractivity contribution is 5.29. The van der Waals surface area contributed by atoms with Crippen LogP contribution in [0.1, 0.15) is 80.8 Å². The first-order chi connectivity index (χ1) is 15.3. The van der Waals surface area contributed by atoms with Crippen LogP contribution in [0, 0.1) is 0 Å². The van der Waals surface area contributed by atoms with Crippen LogP contribution < -0.4 is 4.74 Å². The van der Waals surface area contributed by atoms with E-state index in [1.807, 2.05) is 18.2 Å². The van der Waals surface area contributed by atoms with Gasteiger partial charge in [0.25, 0.3) is 0 Å². The first-order valence-corrected chi connectivity index (χ1v) is 12.0. The standard InChI is InChI=1S/C28H38O3/c1-3-5-6-7-8-9-10-11-20-29-27-18-16-25(17-19-27)28-30-21-26(22-31-28)24-14-12-23(4-2)13-15-24/h3,12-19,26,28H,1,4-11,20-22H2,2H3. The quantitative estimate of drug-likeness (QED) is 0.249. The predicted molar refractivity (Wildman–Crippen MR) is 128 cm³/mol. The van der Waals surface area contributed by atoms with Crippen molar-refractivity contribution in [1.29, 1.82) is 0 Å². The molecule has 0 N–H and O–H groups in total. The fourth-order valence-electron chi connectivity index (χ4n) is 3.92. The van der Waals surface area contributed by atoms with Gasteiger partial charge in [0.2, 0.25) is 0 Å². The van der Waals surface area contributed by atoms with Crippen LogP contribution in [0.4, 0.5) is 0 Å². The second-order valence-corrected chi connectivity index (χ2v) is 8.41. The van der Waals surface area contributed by atoms with Crippen molar-refractivity contribution in [2.24, 2.45) is 0 Å². The molecule has 0 amide bonds. The van der Waals surface area contributed by atoms with Gasteiger partial charge in [-0.15, -0.1) is 6.58 Å². The number of aryl methyl sites for hydroxylation is 1. The summed E-state index contributed by atoms with van der Waals surface area (Å²) < 4.78 is 17.9. The van der Waals surface area contributed by atoms with Crippen molar-refractivity contribution in [1.82, 2.24) is 0 Å². The van der Waals surface area contributed by atoms with Crippen molar-refractivity contribution >= 4 is 0 Å². The fraction of sp³-hybridized carbons (Fsp3) is 0.500. The summed E-state index contributed by atoms with van der Waals surface area (Å²) >= 11 is 0. The second kappa shape index (κ2) is 13.3. The predicted octanol–water partition coefficient (Wildman–Crippen LogP) is 7.37. The normalized spacial score (nSPS) is 18.6. The summed E-state index contributed by atoms with van der Waals surface area (Å²) in [5.41, 5.74) is 3.70. The average Bonchev–Trinajstić information content (AvgIpc) is 2.83. The van der Waals surface area contributed by atoms with Gasteiger partial charge < -0.3 is 14.2 Å². The lowest BCUT2D eigenvalue weighted by atomic mass is 9.98. The first kappa shape index (κ1) is 23.6. The Morgan fingerprint density at radius 2 is 1.45 bits per heavy atom. The van der Waals surface area contributed by atoms with E-state index < -0.39 is 0 Å². The van der Waals surface area contributed by atoms with Gasteiger partial charge >= 0.3 is 0 Å². The number of unbranched alkanes of at least 4 members (excludes halogenated alkanes) is 6. The molecule has 0 radical (unpaired) electrons. The molecule has 168 valence electrons. The Bertz CT molecular complexity index is 743. The summed E-state index contributed by atoms with van der Waals surface area (Å²) in [6.07, 6.45) is 11.5. The van der Waals surface area contributed by atoms with E-state index in [4.69, 9.17) is 14.2 Å². The van der Waals surface area contributed by atoms with E-state index in [9.17, 15) is 0 Å². The minimum Gasteiger partial charge on any atom is -0.494 e. The molecule has 3 rings (SSSR count). The highest BCUT2D eigenvalue weighted by Gasteiger charge is 2.24. The number of ether oxygens (including phenoxy) is 3. The Balaban J connectivity index is 1.33. The van der Waals surface area contributed by atoms with Crippen LogP contribution in [-0.4, -0.2) is 19.8 Å². The molecule has 0 aromatic heterocycles. The van der Waals surface area contributed by atoms with Crippen LogP contribution in [0.5, 0.6) is 5.75 Å². The van der Waals surface area contributed by atoms with Crippen LogP contribution in [-0.2, 0) is 15.9 Å². The molecule has 1 heterocycles. The van der Waals surface area contributed by atoms with Gasteiger partial charge in [-0.2, -0.15) is 0 Å². The summed E-state index contributed by atoms with van der Waals surface area (Å²) in [4.78, 5) is 0. The third-order valence-electron chi connectivity index (χ3n) is 5.98. The summed E-state index contributed by atoms with van der Waals surface area (Å²) in [5.74, 6) is 1.21. The van der Waals surface area contributed by atoms with Gasteiger partial charge in [-0.3, -0.25) is 0 Å². The van der Waals surface area contributed by atoms with Gasteiger partial charge in [-0.1, -0.05) is 75.1 Å². The van der Waals surface area contributed by atoms with E-state index in [0.717, 1.165) is 37.2 Å². The van der Waals surface area contributed by atoms with E-state index in [0.29, 0.717) is 19.1 Å². The third kappa shape index (κ3) is 7.83. The molecular weight excluding hydrogens is 384 g/mol. The summed E-state index contributed by atoms with van der Waals surface area (Å²) in [5, 5.41) is 0. The fourth-order valence-corrected chi connectivity index (χ4v) is 3.92. The minimum absolute atomic E-state index is 0.290. The van der Waals surface area contributed by atoms with Crippen molar-refractivity contribution in [3.05, 3.63) is 77.9 Å². The molecule has 2 aromatic rings. The Kier molecular flexibility index (Phi) is 10.1. The Morgan fingerprint density at radius 3 is 2.10 bits per heavy atom. The second-order valence-electron chi connectivity index (χ2n) is 8.41. The van der Waals surface area contributed by atoms with Crippen molar-refractivity contribution in [2.75, 3.05) is 19.8 Å². The Hall–Kier alpha value is -2.10. The van der Waals surface area contributed by atoms with E-state index in [2.05, 4.69) is 49.9 Å². The molecule has 3 heteroatoms. The van der Waals surface area contributed by atoms with Crippen molar-refractivity contribution in [2.45, 2.75) is 70.5 Å². The monoisotopic (exact) mass is 422 g/mol. The Labute approximate surface area is 188 Å². The van der Waals surface area contributed by atoms with Crippen LogP contribution in [0.15, 0.2) is 61.2 Å². The number of hydrogen-bond donors (Lipinski definition) is 0. The zero-order valence-corrected chi connectivity index (χ0v) is 19.1. The van der Waals surface area contributed by atoms with E-state index in [-0.39, 0.29) is 6.29 Å². The lowest BCUT2D eigenvalue weighted by Crippen LogP contribution is -2.25. The third-order valence-corrected chi connectivity index (χ3v) is 5.98. The molecule has 0 spiro atoms. The molecular formula is C28H38O3. The molecule has 2 aromatic carbocycles. The van der Waals surface area contributed by atoms with E-state index in [1.165, 1.54) is 43.2 Å². The molecule has 3 nitrogen and oxygen atoms in total. The van der Waals surface area contributed by atoms with Gasteiger partial charge in [0.15, 0.2) is 6.29 Å². The maximum atomic E-state index is 6.02. The lowest BCUT2D eigenvalue weighted by Gasteiger charge is -2.30. The molecule has 1 saturated heterocycles. The first-order valence-electron chi connectivity index (χ1n) is 12.0. The smallest absolute Gasteiger partial charge is 0.183 e. The topological polar surface area (TPSA) is 27.7 Å². The van der Waals surface area contributed by atoms with Gasteiger partial charge in [0.05, 0.1) is 19.8 Å². The average molecular weight is 423 g/mol. The molecule has 0 bridgehead atoms. The summed E-state index contributed by atoms with van der Waals surface area (Å²) in [6.45, 7) is 8.09. The lowest BCUT2D eigenvalue weighted by molar-refractivity contribution is -0.191. The zero-order chi connectivity index (χ0) is 21.7. The highest BCUT2D eigenvalue weighted by Crippen LogP contribution is 2.30. The zero-order valence-electron chi connectivity index (χ0n) is 19.1. The number of rotatable bonds is 13. The number of allylic oxidation sites excluding steroid dienone is 1. The number of benzene rings is 2. The summed E-state index contributed by atoms with van der Waals surface area (Å²) in [6, 6.07) is 16.9. The molecule has 1 fully saturated rings. The molecule has 1 aliphatic heterocycles. The van der Waals surface area contributed by atoms with E-state index >= 15 is 0 Å². The summed E-state index contributed by atoms with van der Waals surface area (Å²) in [7, 11) is 0. The molecule has 31 heavy (non-hydrogen) atoms. The van der Waals surface area contributed by atoms with Crippen molar-refractivity contribution in [3.63, 3.8) is 0 Å². The van der Waals surface area contributed by atoms with Gasteiger partial charge in [0.1, 0.15) is 5.75 Å². The van der Waals surface area contributed by atoms with E-state index in [1.54, 1.807) is 0 Å². The van der Waals surface area contributed by atoms with Gasteiger partial charge in [-0.25, -0.2) is 0 Å². The van der Waals surface area contributed by atoms with Crippen molar-refractivity contribution < 1.29 is 14.2 Å². The molecule has 1 aliphatic rings. The molecule has 0 aliphatic carbocycles. The van der Waals surface area contributed by atoms with Crippen LogP contribution in [0.25, 0.3) is 0 Å². The minimum atomic E-state index is -0.290. The number of hydrogen-bond acceptors (Lipinski definition) is 3. The van der Waals surface area contributed by atoms with Crippen molar-refractivity contribution in [3.8, 4) is 5.75 Å². The molecule has 0 unspecified atom stereocenters. The maximum absolute atomic E-state index is 6.02. The van der Waals surface area contributed by atoms with Crippen LogP contribution in [0.3, 0.4) is 0 Å². The molecule has 0 atom stereocenters. The van der Waals surface area contributed by atoms with Gasteiger partial charge in [-0.05, 0) is 48.9 Å².